The highest BCUT2D eigenvalue weighted by Gasteiger charge is 1.97. The Morgan fingerprint density at radius 1 is 1.57 bits per heavy atom. The molecule has 0 bridgehead atoms. The average Bonchev–Trinajstić information content (AvgIpc) is 2.65. The Hall–Kier alpha value is -1.20. The quantitative estimate of drug-likeness (QED) is 0.536. The van der Waals surface area contributed by atoms with Crippen molar-refractivity contribution < 1.29 is 0 Å². The van der Waals surface area contributed by atoms with Crippen molar-refractivity contribution in [3.05, 3.63) is 24.0 Å². The highest BCUT2D eigenvalue weighted by Crippen LogP contribution is 2.01. The molecule has 0 saturated heterocycles. The van der Waals surface area contributed by atoms with Gasteiger partial charge in [-0.25, -0.2) is 0 Å². The molecule has 0 aromatic carbocycles. The SMILES string of the molecule is C#CCCCNCc1cccn1CC. The molecule has 0 radical (unpaired) electrons. The molecule has 0 aliphatic rings. The van der Waals surface area contributed by atoms with Gasteiger partial charge < -0.3 is 9.88 Å². The predicted molar refractivity (Wildman–Crippen MR) is 59.9 cm³/mol. The van der Waals surface area contributed by atoms with E-state index in [2.05, 4.69) is 41.1 Å². The molecule has 0 aliphatic carbocycles. The van der Waals surface area contributed by atoms with Crippen LogP contribution in [0.1, 0.15) is 25.5 Å². The van der Waals surface area contributed by atoms with Crippen molar-refractivity contribution in [2.24, 2.45) is 0 Å². The molecule has 0 fully saturated rings. The molecule has 1 aromatic rings. The van der Waals surface area contributed by atoms with Gasteiger partial charge in [-0.15, -0.1) is 12.3 Å². The zero-order valence-electron chi connectivity index (χ0n) is 8.79. The number of rotatable bonds is 6. The summed E-state index contributed by atoms with van der Waals surface area (Å²) in [6.45, 7) is 5.13. The Morgan fingerprint density at radius 3 is 3.14 bits per heavy atom. The molecule has 1 heterocycles. The van der Waals surface area contributed by atoms with E-state index in [0.717, 1.165) is 32.5 Å². The second kappa shape index (κ2) is 6.28. The van der Waals surface area contributed by atoms with Crippen LogP contribution in [0.4, 0.5) is 0 Å². The van der Waals surface area contributed by atoms with Crippen LogP contribution >= 0.6 is 0 Å². The second-order valence-corrected chi connectivity index (χ2v) is 3.27. The highest BCUT2D eigenvalue weighted by atomic mass is 15.0. The third-order valence-corrected chi connectivity index (χ3v) is 2.25. The summed E-state index contributed by atoms with van der Waals surface area (Å²) in [5.74, 6) is 2.64. The topological polar surface area (TPSA) is 17.0 Å². The van der Waals surface area contributed by atoms with Crippen molar-refractivity contribution in [3.8, 4) is 12.3 Å². The maximum absolute atomic E-state index is 5.17. The lowest BCUT2D eigenvalue weighted by molar-refractivity contribution is 0.614. The molecule has 0 amide bonds. The molecule has 14 heavy (non-hydrogen) atoms. The lowest BCUT2D eigenvalue weighted by atomic mass is 10.3. The molecule has 2 nitrogen and oxygen atoms in total. The van der Waals surface area contributed by atoms with Crippen LogP contribution in [0.15, 0.2) is 18.3 Å². The first-order chi connectivity index (χ1) is 6.88. The van der Waals surface area contributed by atoms with Gasteiger partial charge in [0.2, 0.25) is 0 Å². The van der Waals surface area contributed by atoms with Crippen molar-refractivity contribution >= 4 is 0 Å². The molecule has 1 N–H and O–H groups in total. The van der Waals surface area contributed by atoms with Crippen molar-refractivity contribution in [1.82, 2.24) is 9.88 Å². The lowest BCUT2D eigenvalue weighted by Gasteiger charge is -2.07. The normalized spacial score (nSPS) is 10.0. The molecular weight excluding hydrogens is 172 g/mol. The monoisotopic (exact) mass is 190 g/mol. The number of nitrogens with zero attached hydrogens (tertiary/aromatic N) is 1. The molecule has 0 unspecified atom stereocenters. The first kappa shape index (κ1) is 10.9. The lowest BCUT2D eigenvalue weighted by Crippen LogP contribution is -2.16. The molecule has 2 heteroatoms. The van der Waals surface area contributed by atoms with E-state index in [0.29, 0.717) is 0 Å². The second-order valence-electron chi connectivity index (χ2n) is 3.27. The molecule has 0 aliphatic heterocycles. The van der Waals surface area contributed by atoms with E-state index in [9.17, 15) is 0 Å². The van der Waals surface area contributed by atoms with Crippen molar-refractivity contribution in [2.75, 3.05) is 6.54 Å². The fraction of sp³-hybridized carbons (Fsp3) is 0.500. The van der Waals surface area contributed by atoms with E-state index in [4.69, 9.17) is 6.42 Å². The summed E-state index contributed by atoms with van der Waals surface area (Å²) < 4.78 is 2.24. The molecule has 0 atom stereocenters. The summed E-state index contributed by atoms with van der Waals surface area (Å²) in [4.78, 5) is 0. The summed E-state index contributed by atoms with van der Waals surface area (Å²) >= 11 is 0. The first-order valence-electron chi connectivity index (χ1n) is 5.16. The van der Waals surface area contributed by atoms with E-state index in [1.165, 1.54) is 5.69 Å². The van der Waals surface area contributed by atoms with Crippen LogP contribution in [0.25, 0.3) is 0 Å². The first-order valence-corrected chi connectivity index (χ1v) is 5.16. The smallest absolute Gasteiger partial charge is 0.0359 e. The van der Waals surface area contributed by atoms with Gasteiger partial charge in [-0.2, -0.15) is 0 Å². The fourth-order valence-corrected chi connectivity index (χ4v) is 1.45. The van der Waals surface area contributed by atoms with Crippen molar-refractivity contribution in [3.63, 3.8) is 0 Å². The van der Waals surface area contributed by atoms with Crippen LogP contribution in [-0.2, 0) is 13.1 Å². The number of terminal acetylenes is 1. The molecule has 1 aromatic heterocycles. The number of aryl methyl sites for hydroxylation is 1. The minimum atomic E-state index is 0.863. The molecule has 0 spiro atoms. The Labute approximate surface area is 86.3 Å². The predicted octanol–water partition coefficient (Wildman–Crippen LogP) is 2.01. The number of hydrogen-bond acceptors (Lipinski definition) is 1. The third-order valence-electron chi connectivity index (χ3n) is 2.25. The summed E-state index contributed by atoms with van der Waals surface area (Å²) in [6, 6.07) is 4.24. The number of hydrogen-bond donors (Lipinski definition) is 1. The standard InChI is InChI=1S/C12H18N2/c1-3-5-6-9-13-11-12-8-7-10-14(12)4-2/h1,7-8,10,13H,4-6,9,11H2,2H3. The van der Waals surface area contributed by atoms with Gasteiger partial charge in [-0.05, 0) is 32.0 Å². The molecule has 0 saturated carbocycles. The van der Waals surface area contributed by atoms with Crippen LogP contribution in [0.2, 0.25) is 0 Å². The van der Waals surface area contributed by atoms with Gasteiger partial charge in [0.05, 0.1) is 0 Å². The van der Waals surface area contributed by atoms with Gasteiger partial charge in [-0.3, -0.25) is 0 Å². The van der Waals surface area contributed by atoms with Gasteiger partial charge in [0.1, 0.15) is 0 Å². The maximum Gasteiger partial charge on any atom is 0.0359 e. The largest absolute Gasteiger partial charge is 0.351 e. The van der Waals surface area contributed by atoms with Crippen LogP contribution < -0.4 is 5.32 Å². The Balaban J connectivity index is 2.21. The summed E-state index contributed by atoms with van der Waals surface area (Å²) in [6.07, 6.45) is 9.20. The van der Waals surface area contributed by atoms with Gasteiger partial charge in [0.15, 0.2) is 0 Å². The third kappa shape index (κ3) is 3.27. The summed E-state index contributed by atoms with van der Waals surface area (Å²) in [7, 11) is 0. The average molecular weight is 190 g/mol. The van der Waals surface area contributed by atoms with Gasteiger partial charge in [0, 0.05) is 31.4 Å². The van der Waals surface area contributed by atoms with E-state index < -0.39 is 0 Å². The fourth-order valence-electron chi connectivity index (χ4n) is 1.45. The number of aromatic nitrogens is 1. The summed E-state index contributed by atoms with van der Waals surface area (Å²) in [5, 5.41) is 3.38. The van der Waals surface area contributed by atoms with Gasteiger partial charge in [0.25, 0.3) is 0 Å². The van der Waals surface area contributed by atoms with Gasteiger partial charge in [-0.1, -0.05) is 0 Å². The Morgan fingerprint density at radius 2 is 2.43 bits per heavy atom. The zero-order chi connectivity index (χ0) is 10.2. The Kier molecular flexibility index (Phi) is 4.88. The molecule has 76 valence electrons. The molecule has 1 rings (SSSR count). The zero-order valence-corrected chi connectivity index (χ0v) is 8.79. The van der Waals surface area contributed by atoms with E-state index in [1.54, 1.807) is 0 Å². The summed E-state index contributed by atoms with van der Waals surface area (Å²) in [5.41, 5.74) is 1.34. The van der Waals surface area contributed by atoms with Crippen molar-refractivity contribution in [1.29, 1.82) is 0 Å². The number of nitrogens with one attached hydrogen (secondary N) is 1. The maximum atomic E-state index is 5.17. The van der Waals surface area contributed by atoms with Crippen LogP contribution in [-0.4, -0.2) is 11.1 Å². The molecular formula is C12H18N2. The van der Waals surface area contributed by atoms with E-state index in [1.807, 2.05) is 0 Å². The van der Waals surface area contributed by atoms with E-state index >= 15 is 0 Å². The van der Waals surface area contributed by atoms with Crippen LogP contribution in [0, 0.1) is 12.3 Å². The van der Waals surface area contributed by atoms with E-state index in [-0.39, 0.29) is 0 Å². The Bertz CT molecular complexity index is 294. The van der Waals surface area contributed by atoms with Crippen LogP contribution in [0.3, 0.4) is 0 Å². The van der Waals surface area contributed by atoms with Gasteiger partial charge >= 0.3 is 0 Å². The van der Waals surface area contributed by atoms with Crippen molar-refractivity contribution in [2.45, 2.75) is 32.9 Å². The minimum absolute atomic E-state index is 0.863. The number of unbranched alkanes of at least 4 members (excludes halogenated alkanes) is 1. The minimum Gasteiger partial charge on any atom is -0.351 e. The highest BCUT2D eigenvalue weighted by molar-refractivity contribution is 5.06. The van der Waals surface area contributed by atoms with Crippen LogP contribution in [0.5, 0.6) is 0 Å².